The Labute approximate surface area is 326 Å². The SMILES string of the molecule is COC(=O)c1cc(CN(C)c2ccc(-c3ccc(OC(F)F)cc3)cc2)c(C)o1.COC(=O)c1cc(CNc2ccc(-c3ccc(OC(F)F)cc3)cc2)c(C)o1. The number of benzene rings is 4. The van der Waals surface area contributed by atoms with Crippen LogP contribution in [0.25, 0.3) is 22.3 Å². The molecule has 0 aliphatic heterocycles. The number of halogens is 4. The van der Waals surface area contributed by atoms with Crippen molar-refractivity contribution in [3.05, 3.63) is 143 Å². The fourth-order valence-electron chi connectivity index (χ4n) is 5.67. The van der Waals surface area contributed by atoms with Gasteiger partial charge in [-0.25, -0.2) is 9.59 Å². The number of esters is 2. The van der Waals surface area contributed by atoms with Gasteiger partial charge in [-0.3, -0.25) is 0 Å². The van der Waals surface area contributed by atoms with Gasteiger partial charge in [-0.2, -0.15) is 17.6 Å². The highest BCUT2D eigenvalue weighted by Crippen LogP contribution is 2.28. The number of carbonyl (C=O) groups is 2. The smallest absolute Gasteiger partial charge is 0.387 e. The van der Waals surface area contributed by atoms with Crippen LogP contribution in [0.5, 0.6) is 11.5 Å². The zero-order valence-corrected chi connectivity index (χ0v) is 31.7. The van der Waals surface area contributed by atoms with E-state index in [4.69, 9.17) is 8.83 Å². The zero-order valence-electron chi connectivity index (χ0n) is 31.7. The number of hydrogen-bond donors (Lipinski definition) is 1. The third-order valence-electron chi connectivity index (χ3n) is 8.72. The Balaban J connectivity index is 0.000000218. The zero-order chi connectivity index (χ0) is 41.1. The molecule has 0 amide bonds. The summed E-state index contributed by atoms with van der Waals surface area (Å²) in [5.74, 6) is 0.908. The Morgan fingerprint density at radius 2 is 1.00 bits per heavy atom. The predicted octanol–water partition coefficient (Wildman–Crippen LogP) is 10.5. The van der Waals surface area contributed by atoms with E-state index in [-0.39, 0.29) is 23.0 Å². The average molecular weight is 789 g/mol. The second-order valence-electron chi connectivity index (χ2n) is 12.5. The summed E-state index contributed by atoms with van der Waals surface area (Å²) in [7, 11) is 4.56. The molecular formula is C43H40F4N2O8. The van der Waals surface area contributed by atoms with Crippen molar-refractivity contribution in [3.63, 3.8) is 0 Å². The van der Waals surface area contributed by atoms with Crippen LogP contribution in [0.2, 0.25) is 0 Å². The molecule has 6 rings (SSSR count). The van der Waals surface area contributed by atoms with Crippen molar-refractivity contribution in [2.75, 3.05) is 31.5 Å². The lowest BCUT2D eigenvalue weighted by molar-refractivity contribution is -0.0505. The van der Waals surface area contributed by atoms with Crippen LogP contribution >= 0.6 is 0 Å². The summed E-state index contributed by atoms with van der Waals surface area (Å²) in [6, 6.07) is 31.8. The summed E-state index contributed by atoms with van der Waals surface area (Å²) in [5, 5.41) is 3.27. The number of anilines is 2. The van der Waals surface area contributed by atoms with Crippen molar-refractivity contribution < 1.29 is 54.9 Å². The summed E-state index contributed by atoms with van der Waals surface area (Å²) in [6.45, 7) is -1.03. The van der Waals surface area contributed by atoms with Gasteiger partial charge in [0.25, 0.3) is 0 Å². The van der Waals surface area contributed by atoms with Gasteiger partial charge in [0.15, 0.2) is 0 Å². The van der Waals surface area contributed by atoms with Crippen LogP contribution in [0.4, 0.5) is 28.9 Å². The first kappa shape index (κ1) is 41.5. The highest BCUT2D eigenvalue weighted by atomic mass is 19.3. The molecular weight excluding hydrogens is 748 g/mol. The molecule has 0 aliphatic carbocycles. The molecule has 0 aliphatic rings. The predicted molar refractivity (Wildman–Crippen MR) is 206 cm³/mol. The Bertz CT molecular complexity index is 2220. The second kappa shape index (κ2) is 19.2. The van der Waals surface area contributed by atoms with Crippen molar-refractivity contribution in [2.24, 2.45) is 0 Å². The third-order valence-corrected chi connectivity index (χ3v) is 8.72. The molecule has 1 N–H and O–H groups in total. The number of nitrogens with zero attached hydrogens (tertiary/aromatic N) is 1. The Hall–Kier alpha value is -6.70. The second-order valence-corrected chi connectivity index (χ2v) is 12.5. The van der Waals surface area contributed by atoms with Crippen LogP contribution in [-0.4, -0.2) is 46.4 Å². The van der Waals surface area contributed by atoms with E-state index in [1.54, 1.807) is 50.2 Å². The first-order valence-corrected chi connectivity index (χ1v) is 17.4. The minimum Gasteiger partial charge on any atom is -0.463 e. The van der Waals surface area contributed by atoms with Crippen molar-refractivity contribution in [2.45, 2.75) is 40.2 Å². The van der Waals surface area contributed by atoms with E-state index < -0.39 is 25.2 Å². The van der Waals surface area contributed by atoms with Crippen molar-refractivity contribution >= 4 is 23.3 Å². The van der Waals surface area contributed by atoms with Gasteiger partial charge in [0.1, 0.15) is 23.0 Å². The topological polar surface area (TPSA) is 113 Å². The average Bonchev–Trinajstić information content (AvgIpc) is 3.77. The number of nitrogens with one attached hydrogen (secondary N) is 1. The number of aryl methyl sites for hydroxylation is 2. The van der Waals surface area contributed by atoms with E-state index in [9.17, 15) is 27.2 Å². The number of methoxy groups -OCH3 is 2. The van der Waals surface area contributed by atoms with Crippen molar-refractivity contribution in [1.82, 2.24) is 0 Å². The molecule has 2 heterocycles. The molecule has 0 saturated carbocycles. The number of rotatable bonds is 14. The minimum atomic E-state index is -2.83. The molecule has 298 valence electrons. The van der Waals surface area contributed by atoms with Crippen LogP contribution in [0.3, 0.4) is 0 Å². The van der Waals surface area contributed by atoms with Gasteiger partial charge >= 0.3 is 25.2 Å². The number of alkyl halides is 4. The van der Waals surface area contributed by atoms with Gasteiger partial charge in [0.2, 0.25) is 11.5 Å². The van der Waals surface area contributed by atoms with Gasteiger partial charge < -0.3 is 38.0 Å². The maximum Gasteiger partial charge on any atom is 0.387 e. The fourth-order valence-corrected chi connectivity index (χ4v) is 5.67. The van der Waals surface area contributed by atoms with Gasteiger partial charge in [-0.1, -0.05) is 48.5 Å². The number of furan rings is 2. The first-order chi connectivity index (χ1) is 27.3. The molecule has 0 fully saturated rings. The molecule has 0 spiro atoms. The molecule has 0 bridgehead atoms. The van der Waals surface area contributed by atoms with Crippen LogP contribution < -0.4 is 19.7 Å². The van der Waals surface area contributed by atoms with E-state index in [1.165, 1.54) is 38.5 Å². The number of hydrogen-bond acceptors (Lipinski definition) is 10. The summed E-state index contributed by atoms with van der Waals surface area (Å²) in [5.41, 5.74) is 7.31. The maximum absolute atomic E-state index is 12.2. The molecule has 6 aromatic rings. The van der Waals surface area contributed by atoms with Gasteiger partial charge in [-0.05, 0) is 96.8 Å². The van der Waals surface area contributed by atoms with Crippen LogP contribution in [-0.2, 0) is 22.6 Å². The molecule has 0 unspecified atom stereocenters. The summed E-state index contributed by atoms with van der Waals surface area (Å²) < 4.78 is 77.8. The first-order valence-electron chi connectivity index (χ1n) is 17.4. The standard InChI is InChI=1S/C22H21F2NO4.C21H19F2NO4/c1-14-17(12-20(28-14)21(26)27-3)13-25(2)18-8-4-15(5-9-18)16-6-10-19(11-7-16)29-22(23)24;1-13-16(11-19(27-13)20(25)26-2)12-24-17-7-3-14(4-8-17)15-5-9-18(10-6-15)28-21(22)23/h4-12,22H,13H2,1-3H3;3-11,21,24H,12H2,1-2H3. The summed E-state index contributed by atoms with van der Waals surface area (Å²) in [6.07, 6.45) is 0. The van der Waals surface area contributed by atoms with Crippen LogP contribution in [0, 0.1) is 13.8 Å². The quantitative estimate of drug-likeness (QED) is 0.0845. The summed E-state index contributed by atoms with van der Waals surface area (Å²) >= 11 is 0. The highest BCUT2D eigenvalue weighted by Gasteiger charge is 2.17. The van der Waals surface area contributed by atoms with Crippen LogP contribution in [0.15, 0.2) is 118 Å². The lowest BCUT2D eigenvalue weighted by Crippen LogP contribution is -2.16. The van der Waals surface area contributed by atoms with E-state index >= 15 is 0 Å². The molecule has 4 aromatic carbocycles. The third kappa shape index (κ3) is 11.4. The van der Waals surface area contributed by atoms with Gasteiger partial charge in [-0.15, -0.1) is 0 Å². The summed E-state index contributed by atoms with van der Waals surface area (Å²) in [4.78, 5) is 25.2. The largest absolute Gasteiger partial charge is 0.463 e. The number of carbonyl (C=O) groups excluding carboxylic acids is 2. The fraction of sp³-hybridized carbons (Fsp3) is 0.209. The van der Waals surface area contributed by atoms with E-state index in [0.717, 1.165) is 44.8 Å². The Morgan fingerprint density at radius 3 is 1.42 bits per heavy atom. The molecule has 57 heavy (non-hydrogen) atoms. The van der Waals surface area contributed by atoms with E-state index in [0.29, 0.717) is 24.6 Å². The highest BCUT2D eigenvalue weighted by molar-refractivity contribution is 5.87. The maximum atomic E-state index is 12.2. The minimum absolute atomic E-state index is 0.124. The van der Waals surface area contributed by atoms with E-state index in [1.807, 2.05) is 60.5 Å². The van der Waals surface area contributed by atoms with Crippen molar-refractivity contribution in [3.8, 4) is 33.8 Å². The monoisotopic (exact) mass is 788 g/mol. The molecule has 10 nitrogen and oxygen atoms in total. The van der Waals surface area contributed by atoms with Gasteiger partial charge in [0, 0.05) is 42.6 Å². The normalized spacial score (nSPS) is 10.8. The lowest BCUT2D eigenvalue weighted by Gasteiger charge is -2.19. The lowest BCUT2D eigenvalue weighted by atomic mass is 10.0. The Morgan fingerprint density at radius 1 is 0.614 bits per heavy atom. The number of ether oxygens (including phenoxy) is 4. The Kier molecular flexibility index (Phi) is 14.0. The molecule has 14 heteroatoms. The molecule has 0 saturated heterocycles. The molecule has 2 aromatic heterocycles. The van der Waals surface area contributed by atoms with Crippen molar-refractivity contribution in [1.29, 1.82) is 0 Å². The van der Waals surface area contributed by atoms with Gasteiger partial charge in [0.05, 0.1) is 14.2 Å². The molecule has 0 radical (unpaired) electrons. The van der Waals surface area contributed by atoms with E-state index in [2.05, 4.69) is 24.3 Å². The van der Waals surface area contributed by atoms with Crippen LogP contribution in [0.1, 0.15) is 43.8 Å². The molecule has 0 atom stereocenters.